The number of hydrogen-bond donors (Lipinski definition) is 0. The fraction of sp³-hybridized carbons (Fsp3) is 0.0169. The van der Waals surface area contributed by atoms with Crippen molar-refractivity contribution < 1.29 is 4.42 Å². The van der Waals surface area contributed by atoms with E-state index in [1.165, 1.54) is 66.4 Å². The van der Waals surface area contributed by atoms with Crippen molar-refractivity contribution in [1.29, 1.82) is 0 Å². The van der Waals surface area contributed by atoms with Gasteiger partial charge in [-0.05, 0) is 103 Å². The summed E-state index contributed by atoms with van der Waals surface area (Å²) < 4.78 is 6.45. The summed E-state index contributed by atoms with van der Waals surface area (Å²) in [6.45, 7) is 0. The minimum atomic E-state index is -0.419. The summed E-state index contributed by atoms with van der Waals surface area (Å²) in [5.74, 6) is 0. The largest absolute Gasteiger partial charge is 0.455 e. The van der Waals surface area contributed by atoms with E-state index in [-0.39, 0.29) is 0 Å². The highest BCUT2D eigenvalue weighted by molar-refractivity contribution is 6.10. The normalized spacial score (nSPS) is 13.0. The summed E-state index contributed by atoms with van der Waals surface area (Å²) in [7, 11) is 0. The molecule has 10 aromatic carbocycles. The molecule has 2 heteroatoms. The van der Waals surface area contributed by atoms with Crippen LogP contribution in [0.2, 0.25) is 0 Å². The van der Waals surface area contributed by atoms with Crippen molar-refractivity contribution in [2.75, 3.05) is 4.90 Å². The third-order valence-corrected chi connectivity index (χ3v) is 13.3. The second-order valence-electron chi connectivity index (χ2n) is 16.3. The zero-order valence-corrected chi connectivity index (χ0v) is 33.2. The number of rotatable bonds is 5. The Kier molecular flexibility index (Phi) is 7.26. The molecule has 1 heterocycles. The average Bonchev–Trinajstić information content (AvgIpc) is 3.97. The lowest BCUT2D eigenvalue weighted by molar-refractivity contribution is 0.670. The Morgan fingerprint density at radius 2 is 0.787 bits per heavy atom. The van der Waals surface area contributed by atoms with Crippen LogP contribution in [0.4, 0.5) is 17.1 Å². The summed E-state index contributed by atoms with van der Waals surface area (Å²) >= 11 is 0. The van der Waals surface area contributed by atoms with E-state index in [4.69, 9.17) is 4.42 Å². The first-order valence-electron chi connectivity index (χ1n) is 21.1. The van der Waals surface area contributed by atoms with Crippen LogP contribution in [0.5, 0.6) is 0 Å². The first kappa shape index (κ1) is 34.0. The van der Waals surface area contributed by atoms with Crippen molar-refractivity contribution in [1.82, 2.24) is 0 Å². The maximum absolute atomic E-state index is 6.45. The van der Waals surface area contributed by atoms with Crippen LogP contribution in [0.1, 0.15) is 22.3 Å². The molecule has 0 N–H and O–H groups in total. The standard InChI is InChI=1S/C59H37NO/c1-2-16-43-38(14-1)15-11-28-55(43)60(42-36-32-40(33-37-42)45-22-13-24-51-49-20-6-10-29-56(49)61-58(45)51)41-34-30-39(31-35-41)44-21-12-23-50-48-19-5-9-27-54(48)59(57(44)50)52-25-7-3-17-46(52)47-18-4-8-26-53(47)59/h1-37H. The molecule has 0 bridgehead atoms. The maximum atomic E-state index is 6.45. The predicted molar refractivity (Wildman–Crippen MR) is 253 cm³/mol. The molecular weight excluding hydrogens is 739 g/mol. The molecule has 1 spiro atoms. The van der Waals surface area contributed by atoms with Crippen molar-refractivity contribution in [3.05, 3.63) is 247 Å². The Morgan fingerprint density at radius 1 is 0.328 bits per heavy atom. The first-order chi connectivity index (χ1) is 30.3. The lowest BCUT2D eigenvalue weighted by Crippen LogP contribution is -2.26. The summed E-state index contributed by atoms with van der Waals surface area (Å²) in [6.07, 6.45) is 0. The van der Waals surface area contributed by atoms with Gasteiger partial charge in [0.1, 0.15) is 11.2 Å². The van der Waals surface area contributed by atoms with Crippen LogP contribution in [-0.4, -0.2) is 0 Å². The number of anilines is 3. The summed E-state index contributed by atoms with van der Waals surface area (Å²) in [6, 6.07) is 82.2. The molecule has 2 nitrogen and oxygen atoms in total. The third-order valence-electron chi connectivity index (χ3n) is 13.3. The van der Waals surface area contributed by atoms with E-state index in [1.54, 1.807) is 0 Å². The van der Waals surface area contributed by atoms with Crippen molar-refractivity contribution in [3.63, 3.8) is 0 Å². The highest BCUT2D eigenvalue weighted by Crippen LogP contribution is 2.64. The van der Waals surface area contributed by atoms with E-state index in [9.17, 15) is 0 Å². The van der Waals surface area contributed by atoms with Gasteiger partial charge in [0.15, 0.2) is 0 Å². The number of furan rings is 1. The smallest absolute Gasteiger partial charge is 0.143 e. The topological polar surface area (TPSA) is 16.4 Å². The Balaban J connectivity index is 0.966. The molecule has 0 atom stereocenters. The highest BCUT2D eigenvalue weighted by atomic mass is 16.3. The van der Waals surface area contributed by atoms with Gasteiger partial charge in [-0.15, -0.1) is 0 Å². The third kappa shape index (κ3) is 4.79. The summed E-state index contributed by atoms with van der Waals surface area (Å²) in [5.41, 5.74) is 20.0. The van der Waals surface area contributed by atoms with Crippen molar-refractivity contribution >= 4 is 49.8 Å². The molecule has 0 saturated heterocycles. The molecule has 0 amide bonds. The van der Waals surface area contributed by atoms with E-state index < -0.39 is 5.41 Å². The minimum Gasteiger partial charge on any atom is -0.455 e. The zero-order valence-electron chi connectivity index (χ0n) is 33.2. The molecule has 2 aliphatic carbocycles. The van der Waals surface area contributed by atoms with E-state index in [0.29, 0.717) is 0 Å². The Morgan fingerprint density at radius 3 is 1.48 bits per heavy atom. The number of fused-ring (bicyclic) bond motifs is 14. The molecule has 0 fully saturated rings. The number of benzene rings is 10. The average molecular weight is 776 g/mol. The van der Waals surface area contributed by atoms with Crippen LogP contribution < -0.4 is 4.90 Å². The number of nitrogens with zero attached hydrogens (tertiary/aromatic N) is 1. The van der Waals surface area contributed by atoms with E-state index in [2.05, 4.69) is 217 Å². The Hall–Kier alpha value is -7.94. The molecule has 1 aromatic heterocycles. The van der Waals surface area contributed by atoms with Gasteiger partial charge in [0.2, 0.25) is 0 Å². The fourth-order valence-corrected chi connectivity index (χ4v) is 10.8. The van der Waals surface area contributed by atoms with Gasteiger partial charge < -0.3 is 9.32 Å². The van der Waals surface area contributed by atoms with Crippen LogP contribution in [0, 0.1) is 0 Å². The summed E-state index contributed by atoms with van der Waals surface area (Å²) in [5, 5.41) is 4.68. The van der Waals surface area contributed by atoms with Gasteiger partial charge in [-0.3, -0.25) is 0 Å². The Labute approximate surface area is 354 Å². The van der Waals surface area contributed by atoms with Gasteiger partial charge in [-0.25, -0.2) is 0 Å². The number of hydrogen-bond acceptors (Lipinski definition) is 2. The van der Waals surface area contributed by atoms with Crippen LogP contribution in [-0.2, 0) is 5.41 Å². The molecule has 0 aliphatic heterocycles. The molecule has 13 rings (SSSR count). The van der Waals surface area contributed by atoms with Crippen LogP contribution in [0.3, 0.4) is 0 Å². The second kappa shape index (κ2) is 13.0. The van der Waals surface area contributed by atoms with Gasteiger partial charge in [-0.1, -0.05) is 188 Å². The Bertz CT molecular complexity index is 3470. The molecule has 2 aliphatic rings. The highest BCUT2D eigenvalue weighted by Gasteiger charge is 2.52. The van der Waals surface area contributed by atoms with Gasteiger partial charge >= 0.3 is 0 Å². The van der Waals surface area contributed by atoms with Crippen LogP contribution in [0.25, 0.3) is 77.2 Å². The van der Waals surface area contributed by atoms with Gasteiger partial charge in [0, 0.05) is 33.1 Å². The quantitative estimate of drug-likeness (QED) is 0.173. The fourth-order valence-electron chi connectivity index (χ4n) is 10.8. The zero-order chi connectivity index (χ0) is 40.1. The molecule has 11 aromatic rings. The molecular formula is C59H37NO. The van der Waals surface area contributed by atoms with E-state index >= 15 is 0 Å². The predicted octanol–water partition coefficient (Wildman–Crippen LogP) is 15.9. The molecule has 0 radical (unpaired) electrons. The van der Waals surface area contributed by atoms with Gasteiger partial charge in [-0.2, -0.15) is 0 Å². The first-order valence-corrected chi connectivity index (χ1v) is 21.1. The molecule has 0 unspecified atom stereocenters. The molecule has 61 heavy (non-hydrogen) atoms. The van der Waals surface area contributed by atoms with Crippen LogP contribution >= 0.6 is 0 Å². The number of para-hydroxylation sites is 2. The van der Waals surface area contributed by atoms with Crippen molar-refractivity contribution in [2.45, 2.75) is 5.41 Å². The second-order valence-corrected chi connectivity index (χ2v) is 16.3. The lowest BCUT2D eigenvalue weighted by Gasteiger charge is -2.32. The summed E-state index contributed by atoms with van der Waals surface area (Å²) in [4.78, 5) is 2.40. The minimum absolute atomic E-state index is 0.419. The lowest BCUT2D eigenvalue weighted by atomic mass is 9.68. The molecule has 0 saturated carbocycles. The maximum Gasteiger partial charge on any atom is 0.143 e. The van der Waals surface area contributed by atoms with Crippen LogP contribution in [0.15, 0.2) is 229 Å². The SMILES string of the molecule is c1ccc2c(c1)-c1ccccc1C21c2ccccc2-c2cccc(-c3ccc(N(c4ccc(-c5cccc6c5oc5ccccc56)cc4)c4cccc5ccccc45)cc3)c21. The van der Waals surface area contributed by atoms with Gasteiger partial charge in [0.05, 0.1) is 11.1 Å². The van der Waals surface area contributed by atoms with Crippen molar-refractivity contribution in [3.8, 4) is 44.5 Å². The monoisotopic (exact) mass is 775 g/mol. The molecule has 284 valence electrons. The van der Waals surface area contributed by atoms with Gasteiger partial charge in [0.25, 0.3) is 0 Å². The van der Waals surface area contributed by atoms with E-state index in [0.717, 1.165) is 50.1 Å². The van der Waals surface area contributed by atoms with E-state index in [1.807, 2.05) is 12.1 Å². The van der Waals surface area contributed by atoms with Crippen molar-refractivity contribution in [2.24, 2.45) is 0 Å².